The second kappa shape index (κ2) is 11.4. The predicted molar refractivity (Wildman–Crippen MR) is 140 cm³/mol. The Balaban J connectivity index is 1.43. The number of carbonyl (C=O) groups excluding carboxylic acids is 4. The maximum absolute atomic E-state index is 13.4. The molecule has 3 N–H and O–H groups in total. The molecule has 0 spiro atoms. The molecule has 2 aliphatic heterocycles. The molecule has 1 aromatic heterocycles. The van der Waals surface area contributed by atoms with E-state index in [0.717, 1.165) is 35.4 Å². The molecule has 0 radical (unpaired) electrons. The van der Waals surface area contributed by atoms with Gasteiger partial charge in [0.15, 0.2) is 5.01 Å². The van der Waals surface area contributed by atoms with Crippen molar-refractivity contribution >= 4 is 35.0 Å². The van der Waals surface area contributed by atoms with E-state index in [1.807, 2.05) is 50.0 Å². The Bertz CT molecular complexity index is 1200. The molecule has 10 nitrogen and oxygen atoms in total. The summed E-state index contributed by atoms with van der Waals surface area (Å²) in [6.45, 7) is 9.43. The van der Waals surface area contributed by atoms with Crippen LogP contribution in [0.3, 0.4) is 0 Å². The molecule has 4 rings (SSSR count). The lowest BCUT2D eigenvalue weighted by Gasteiger charge is -2.28. The zero-order valence-electron chi connectivity index (χ0n) is 21.7. The zero-order valence-corrected chi connectivity index (χ0v) is 22.5. The molecule has 0 aliphatic carbocycles. The van der Waals surface area contributed by atoms with E-state index in [0.29, 0.717) is 30.1 Å². The number of fused-ring (bicyclic) bond motifs is 2. The van der Waals surface area contributed by atoms with E-state index in [-0.39, 0.29) is 41.2 Å². The van der Waals surface area contributed by atoms with E-state index in [1.54, 1.807) is 11.9 Å². The highest BCUT2D eigenvalue weighted by Gasteiger charge is 2.38. The number of rotatable bonds is 8. The van der Waals surface area contributed by atoms with Gasteiger partial charge in [-0.3, -0.25) is 24.2 Å². The number of benzene rings is 1. The Morgan fingerprint density at radius 1 is 1.16 bits per heavy atom. The standard InChI is InChI=1S/C26H34N6O4S/c1-5-17(13-27-23(34)21-16(4)29-25(37-21)24(35)28-15(2)3)22(33)30-20-19-10-7-6-9-18(19)14-31-11-8-12-32(31)26(20)36/h6-7,9-10,15,17,20H,5,8,11-14H2,1-4H3,(H,27,34)(H,28,35)(H,30,33)/t17-,20+/m1/s1. The van der Waals surface area contributed by atoms with Crippen molar-refractivity contribution in [3.63, 3.8) is 0 Å². The van der Waals surface area contributed by atoms with Crippen LogP contribution < -0.4 is 16.0 Å². The molecular weight excluding hydrogens is 492 g/mol. The third kappa shape index (κ3) is 5.83. The number of hydrazine groups is 1. The quantitative estimate of drug-likeness (QED) is 0.484. The lowest BCUT2D eigenvalue weighted by atomic mass is 9.98. The Kier molecular flexibility index (Phi) is 8.23. The summed E-state index contributed by atoms with van der Waals surface area (Å²) in [5, 5.41) is 12.6. The second-order valence-corrected chi connectivity index (χ2v) is 10.7. The highest BCUT2D eigenvalue weighted by molar-refractivity contribution is 7.15. The van der Waals surface area contributed by atoms with Gasteiger partial charge in [0.1, 0.15) is 10.9 Å². The fourth-order valence-electron chi connectivity index (χ4n) is 4.66. The topological polar surface area (TPSA) is 124 Å². The molecule has 37 heavy (non-hydrogen) atoms. The van der Waals surface area contributed by atoms with E-state index in [1.165, 1.54) is 0 Å². The average Bonchev–Trinajstić information content (AvgIpc) is 3.46. The molecule has 2 aliphatic rings. The summed E-state index contributed by atoms with van der Waals surface area (Å²) in [6, 6.07) is 6.89. The number of carbonyl (C=O) groups is 4. The molecule has 1 saturated heterocycles. The lowest BCUT2D eigenvalue weighted by Crippen LogP contribution is -2.47. The molecule has 4 amide bonds. The molecule has 3 heterocycles. The van der Waals surface area contributed by atoms with Gasteiger partial charge in [-0.2, -0.15) is 0 Å². The van der Waals surface area contributed by atoms with Gasteiger partial charge in [-0.1, -0.05) is 31.2 Å². The predicted octanol–water partition coefficient (Wildman–Crippen LogP) is 2.17. The van der Waals surface area contributed by atoms with Gasteiger partial charge in [0.05, 0.1) is 11.6 Å². The minimum Gasteiger partial charge on any atom is -0.350 e. The van der Waals surface area contributed by atoms with Crippen LogP contribution in [0.5, 0.6) is 0 Å². The number of hydrogen-bond donors (Lipinski definition) is 3. The van der Waals surface area contributed by atoms with Gasteiger partial charge >= 0.3 is 0 Å². The van der Waals surface area contributed by atoms with E-state index in [4.69, 9.17) is 0 Å². The fraction of sp³-hybridized carbons (Fsp3) is 0.500. The van der Waals surface area contributed by atoms with Gasteiger partial charge in [0, 0.05) is 32.2 Å². The summed E-state index contributed by atoms with van der Waals surface area (Å²) < 4.78 is 0. The van der Waals surface area contributed by atoms with Crippen LogP contribution in [0.1, 0.15) is 75.9 Å². The Labute approximate surface area is 220 Å². The Morgan fingerprint density at radius 3 is 2.65 bits per heavy atom. The van der Waals surface area contributed by atoms with Crippen LogP contribution in [-0.4, -0.2) is 64.3 Å². The van der Waals surface area contributed by atoms with Crippen molar-refractivity contribution in [2.24, 2.45) is 5.92 Å². The van der Waals surface area contributed by atoms with Gasteiger partial charge in [0.2, 0.25) is 5.91 Å². The molecule has 2 aromatic rings. The van der Waals surface area contributed by atoms with Crippen molar-refractivity contribution in [1.82, 2.24) is 31.0 Å². The van der Waals surface area contributed by atoms with E-state index >= 15 is 0 Å². The third-order valence-electron chi connectivity index (χ3n) is 6.62. The molecular formula is C26H34N6O4S. The van der Waals surface area contributed by atoms with Gasteiger partial charge in [0.25, 0.3) is 17.7 Å². The van der Waals surface area contributed by atoms with Gasteiger partial charge in [-0.05, 0) is 44.7 Å². The van der Waals surface area contributed by atoms with Crippen molar-refractivity contribution in [3.05, 3.63) is 51.0 Å². The first-order valence-corrected chi connectivity index (χ1v) is 13.5. The van der Waals surface area contributed by atoms with E-state index in [2.05, 4.69) is 20.9 Å². The summed E-state index contributed by atoms with van der Waals surface area (Å²) in [7, 11) is 0. The fourth-order valence-corrected chi connectivity index (χ4v) is 5.55. The van der Waals surface area contributed by atoms with Crippen LogP contribution in [0.15, 0.2) is 24.3 Å². The first-order valence-electron chi connectivity index (χ1n) is 12.7. The SMILES string of the molecule is CC[C@H](CNC(=O)c1sc(C(=O)NC(C)C)nc1C)C(=O)N[C@@H]1C(=O)N2CCCN2Cc2ccccc21. The highest BCUT2D eigenvalue weighted by atomic mass is 32.1. The van der Waals surface area contributed by atoms with Crippen LogP contribution in [0.25, 0.3) is 0 Å². The van der Waals surface area contributed by atoms with Crippen LogP contribution in [-0.2, 0) is 16.1 Å². The van der Waals surface area contributed by atoms with E-state index < -0.39 is 12.0 Å². The summed E-state index contributed by atoms with van der Waals surface area (Å²) in [4.78, 5) is 56.4. The van der Waals surface area contributed by atoms with Gasteiger partial charge < -0.3 is 16.0 Å². The molecule has 0 saturated carbocycles. The van der Waals surface area contributed by atoms with Crippen LogP contribution in [0, 0.1) is 12.8 Å². The number of aryl methyl sites for hydroxylation is 1. The number of thiazole rings is 1. The zero-order chi connectivity index (χ0) is 26.7. The minimum absolute atomic E-state index is 0.0429. The maximum atomic E-state index is 13.4. The van der Waals surface area contributed by atoms with Crippen LogP contribution in [0.2, 0.25) is 0 Å². The normalized spacial score (nSPS) is 18.1. The number of nitrogens with zero attached hydrogens (tertiary/aromatic N) is 3. The van der Waals surface area contributed by atoms with Crippen molar-refractivity contribution in [1.29, 1.82) is 0 Å². The van der Waals surface area contributed by atoms with Gasteiger partial charge in [-0.25, -0.2) is 9.99 Å². The number of amides is 4. The Morgan fingerprint density at radius 2 is 1.92 bits per heavy atom. The number of nitrogens with one attached hydrogen (secondary N) is 3. The Hall–Kier alpha value is -3.31. The highest BCUT2D eigenvalue weighted by Crippen LogP contribution is 2.30. The number of aromatic nitrogens is 1. The molecule has 1 fully saturated rings. The average molecular weight is 527 g/mol. The second-order valence-electron chi connectivity index (χ2n) is 9.72. The maximum Gasteiger partial charge on any atom is 0.280 e. The smallest absolute Gasteiger partial charge is 0.280 e. The van der Waals surface area contributed by atoms with Crippen molar-refractivity contribution in [2.45, 2.75) is 59.2 Å². The van der Waals surface area contributed by atoms with E-state index in [9.17, 15) is 19.2 Å². The van der Waals surface area contributed by atoms with Crippen molar-refractivity contribution in [2.75, 3.05) is 19.6 Å². The molecule has 0 bridgehead atoms. The summed E-state index contributed by atoms with van der Waals surface area (Å²) in [5.41, 5.74) is 2.29. The van der Waals surface area contributed by atoms with Crippen molar-refractivity contribution in [3.8, 4) is 0 Å². The molecule has 198 valence electrons. The third-order valence-corrected chi connectivity index (χ3v) is 7.78. The molecule has 0 unspecified atom stereocenters. The minimum atomic E-state index is -0.776. The molecule has 2 atom stereocenters. The summed E-state index contributed by atoms with van der Waals surface area (Å²) in [6.07, 6.45) is 1.38. The monoisotopic (exact) mass is 526 g/mol. The van der Waals surface area contributed by atoms with Gasteiger partial charge in [-0.15, -0.1) is 11.3 Å². The van der Waals surface area contributed by atoms with Crippen molar-refractivity contribution < 1.29 is 19.2 Å². The molecule has 11 heteroatoms. The van der Waals surface area contributed by atoms with Crippen LogP contribution >= 0.6 is 11.3 Å². The number of hydrogen-bond acceptors (Lipinski definition) is 7. The molecule has 1 aromatic carbocycles. The first-order chi connectivity index (χ1) is 17.7. The summed E-state index contributed by atoms with van der Waals surface area (Å²) in [5.74, 6) is -1.66. The first kappa shape index (κ1) is 26.7. The largest absolute Gasteiger partial charge is 0.350 e. The van der Waals surface area contributed by atoms with Crippen LogP contribution in [0.4, 0.5) is 0 Å². The lowest BCUT2D eigenvalue weighted by molar-refractivity contribution is -0.148. The summed E-state index contributed by atoms with van der Waals surface area (Å²) >= 11 is 1.03.